The molecule has 1 amide bonds. The van der Waals surface area contributed by atoms with E-state index in [1.54, 1.807) is 0 Å². The maximum absolute atomic E-state index is 13.1. The number of rotatable bonds is 5. The topological polar surface area (TPSA) is 81.2 Å². The van der Waals surface area contributed by atoms with Crippen LogP contribution in [0.1, 0.15) is 11.1 Å². The number of benzene rings is 2. The quantitative estimate of drug-likeness (QED) is 0.423. The number of amides is 1. The molecule has 0 bridgehead atoms. The Kier molecular flexibility index (Phi) is 5.17. The number of nitrogens with zero attached hydrogens (tertiary/aromatic N) is 2. The highest BCUT2D eigenvalue weighted by molar-refractivity contribution is 6.31. The number of hydrogen-bond acceptors (Lipinski definition) is 3. The molecule has 33 heavy (non-hydrogen) atoms. The Balaban J connectivity index is 1.07. The summed E-state index contributed by atoms with van der Waals surface area (Å²) >= 11 is 6.21. The zero-order valence-corrected chi connectivity index (χ0v) is 19.2. The van der Waals surface area contributed by atoms with Crippen LogP contribution in [0.2, 0.25) is 5.02 Å². The molecule has 6 rings (SSSR count). The lowest BCUT2D eigenvalue weighted by molar-refractivity contribution is -0.131. The molecule has 2 aliphatic heterocycles. The Morgan fingerprint density at radius 3 is 2.45 bits per heavy atom. The number of nitrogens with one attached hydrogen (secondary N) is 2. The summed E-state index contributed by atoms with van der Waals surface area (Å²) in [5.41, 5.74) is 11.0. The summed E-state index contributed by atoms with van der Waals surface area (Å²) < 4.78 is 0. The van der Waals surface area contributed by atoms with Gasteiger partial charge in [-0.3, -0.25) is 9.69 Å². The zero-order valence-electron chi connectivity index (χ0n) is 18.4. The third-order valence-electron chi connectivity index (χ3n) is 7.43. The number of likely N-dealkylation sites (tertiary alicyclic amines) is 2. The van der Waals surface area contributed by atoms with Crippen LogP contribution in [-0.2, 0) is 17.8 Å². The van der Waals surface area contributed by atoms with Crippen LogP contribution in [-0.4, -0.2) is 57.9 Å². The summed E-state index contributed by atoms with van der Waals surface area (Å²) in [6, 6.07) is 13.6. The van der Waals surface area contributed by atoms with Crippen molar-refractivity contribution in [2.45, 2.75) is 19.0 Å². The molecule has 2 aromatic heterocycles. The molecule has 170 valence electrons. The molecular weight excluding hydrogens is 434 g/mol. The van der Waals surface area contributed by atoms with Crippen molar-refractivity contribution in [3.05, 3.63) is 71.0 Å². The molecule has 0 aliphatic carbocycles. The van der Waals surface area contributed by atoms with Crippen LogP contribution in [0.25, 0.3) is 21.8 Å². The standard InChI is InChI=1S/C26H28ClN5O/c27-20-5-6-25-22(8-20)17(10-30-25)11-31-12-18-14-32(15-19(18)13-31)26(33)23(28)7-16-9-29-24-4-2-1-3-21(16)24/h1-6,8-10,18-19,23,29-30H,7,11-15,28H2/t18?,19?,23-/m0/s1. The van der Waals surface area contributed by atoms with E-state index in [-0.39, 0.29) is 5.91 Å². The lowest BCUT2D eigenvalue weighted by atomic mass is 10.0. The minimum absolute atomic E-state index is 0.0764. The van der Waals surface area contributed by atoms with Crippen LogP contribution in [0.15, 0.2) is 54.9 Å². The van der Waals surface area contributed by atoms with Crippen LogP contribution < -0.4 is 5.73 Å². The number of fused-ring (bicyclic) bond motifs is 3. The fourth-order valence-electron chi connectivity index (χ4n) is 5.78. The van der Waals surface area contributed by atoms with E-state index in [9.17, 15) is 4.79 Å². The van der Waals surface area contributed by atoms with Crippen molar-refractivity contribution in [1.82, 2.24) is 19.8 Å². The summed E-state index contributed by atoms with van der Waals surface area (Å²) in [5.74, 6) is 1.11. The van der Waals surface area contributed by atoms with Gasteiger partial charge in [-0.05, 0) is 53.6 Å². The van der Waals surface area contributed by atoms with Gasteiger partial charge in [0.05, 0.1) is 6.04 Å². The fourth-order valence-corrected chi connectivity index (χ4v) is 5.95. The second kappa shape index (κ2) is 8.20. The van der Waals surface area contributed by atoms with Gasteiger partial charge in [-0.15, -0.1) is 0 Å². The highest BCUT2D eigenvalue weighted by Gasteiger charge is 2.42. The van der Waals surface area contributed by atoms with Gasteiger partial charge < -0.3 is 20.6 Å². The van der Waals surface area contributed by atoms with Crippen molar-refractivity contribution in [2.24, 2.45) is 17.6 Å². The maximum Gasteiger partial charge on any atom is 0.239 e. The molecule has 6 nitrogen and oxygen atoms in total. The SMILES string of the molecule is N[C@@H](Cc1c[nH]c2ccccc12)C(=O)N1CC2CN(Cc3c[nH]c4ccc(Cl)cc34)CC2C1. The Labute approximate surface area is 197 Å². The normalized spacial score (nSPS) is 21.8. The molecule has 2 aromatic carbocycles. The highest BCUT2D eigenvalue weighted by Crippen LogP contribution is 2.33. The smallest absolute Gasteiger partial charge is 0.239 e. The number of hydrogen-bond donors (Lipinski definition) is 3. The first-order valence-electron chi connectivity index (χ1n) is 11.6. The van der Waals surface area contributed by atoms with Gasteiger partial charge in [0.25, 0.3) is 0 Å². The Morgan fingerprint density at radius 1 is 0.970 bits per heavy atom. The molecule has 2 aliphatic rings. The van der Waals surface area contributed by atoms with Gasteiger partial charge >= 0.3 is 0 Å². The second-order valence-electron chi connectivity index (χ2n) is 9.63. The van der Waals surface area contributed by atoms with E-state index in [2.05, 4.69) is 27.1 Å². The van der Waals surface area contributed by atoms with Crippen molar-refractivity contribution in [3.63, 3.8) is 0 Å². The fraction of sp³-hybridized carbons (Fsp3) is 0.346. The monoisotopic (exact) mass is 461 g/mol. The van der Waals surface area contributed by atoms with E-state index in [1.807, 2.05) is 47.5 Å². The van der Waals surface area contributed by atoms with Crippen LogP contribution in [0.4, 0.5) is 0 Å². The van der Waals surface area contributed by atoms with Gasteiger partial charge in [-0.2, -0.15) is 0 Å². The molecule has 0 spiro atoms. The number of aromatic nitrogens is 2. The van der Waals surface area contributed by atoms with Gasteiger partial charge in [0.15, 0.2) is 0 Å². The number of carbonyl (C=O) groups is 1. The second-order valence-corrected chi connectivity index (χ2v) is 10.1. The molecule has 2 unspecified atom stereocenters. The zero-order chi connectivity index (χ0) is 22.5. The first-order valence-corrected chi connectivity index (χ1v) is 12.0. The predicted molar refractivity (Wildman–Crippen MR) is 132 cm³/mol. The first kappa shape index (κ1) is 20.8. The number of aromatic amines is 2. The third kappa shape index (κ3) is 3.82. The number of para-hydroxylation sites is 1. The first-order chi connectivity index (χ1) is 16.0. The molecule has 2 saturated heterocycles. The summed E-state index contributed by atoms with van der Waals surface area (Å²) in [6.45, 7) is 4.54. The van der Waals surface area contributed by atoms with Gasteiger partial charge in [-0.1, -0.05) is 29.8 Å². The van der Waals surface area contributed by atoms with Crippen molar-refractivity contribution >= 4 is 39.3 Å². The number of carbonyl (C=O) groups excluding carboxylic acids is 1. The maximum atomic E-state index is 13.1. The lowest BCUT2D eigenvalue weighted by Gasteiger charge is -2.24. The highest BCUT2D eigenvalue weighted by atomic mass is 35.5. The molecule has 0 radical (unpaired) electrons. The number of nitrogens with two attached hydrogens (primary N) is 1. The Bertz CT molecular complexity index is 1310. The predicted octanol–water partition coefficient (Wildman–Crippen LogP) is 3.76. The third-order valence-corrected chi connectivity index (χ3v) is 7.66. The van der Waals surface area contributed by atoms with Crippen LogP contribution in [0.5, 0.6) is 0 Å². The van der Waals surface area contributed by atoms with E-state index in [4.69, 9.17) is 17.3 Å². The average molecular weight is 462 g/mol. The average Bonchev–Trinajstić information content (AvgIpc) is 3.57. The number of H-pyrrole nitrogens is 2. The van der Waals surface area contributed by atoms with Gasteiger partial charge in [0.2, 0.25) is 5.91 Å². The van der Waals surface area contributed by atoms with E-state index in [0.717, 1.165) is 59.7 Å². The molecule has 4 aromatic rings. The minimum Gasteiger partial charge on any atom is -0.361 e. The van der Waals surface area contributed by atoms with Crippen LogP contribution in [0, 0.1) is 11.8 Å². The summed E-state index contributed by atoms with van der Waals surface area (Å²) in [6.07, 6.45) is 4.63. The molecule has 0 saturated carbocycles. The van der Waals surface area contributed by atoms with E-state index >= 15 is 0 Å². The largest absolute Gasteiger partial charge is 0.361 e. The molecule has 2 fully saturated rings. The van der Waals surface area contributed by atoms with Crippen molar-refractivity contribution in [1.29, 1.82) is 0 Å². The van der Waals surface area contributed by atoms with Gasteiger partial charge in [-0.25, -0.2) is 0 Å². The van der Waals surface area contributed by atoms with E-state index < -0.39 is 6.04 Å². The summed E-state index contributed by atoms with van der Waals surface area (Å²) in [7, 11) is 0. The molecule has 7 heteroatoms. The minimum atomic E-state index is -0.505. The van der Waals surface area contributed by atoms with Crippen LogP contribution >= 0.6 is 11.6 Å². The Hall–Kier alpha value is -2.80. The summed E-state index contributed by atoms with van der Waals surface area (Å²) in [4.78, 5) is 24.2. The van der Waals surface area contributed by atoms with Crippen molar-refractivity contribution in [2.75, 3.05) is 26.2 Å². The molecule has 3 atom stereocenters. The molecule has 4 heterocycles. The lowest BCUT2D eigenvalue weighted by Crippen LogP contribution is -2.45. The summed E-state index contributed by atoms with van der Waals surface area (Å²) in [5, 5.41) is 3.10. The van der Waals surface area contributed by atoms with Crippen LogP contribution in [0.3, 0.4) is 0 Å². The van der Waals surface area contributed by atoms with Gasteiger partial charge in [0, 0.05) is 71.9 Å². The molecular formula is C26H28ClN5O. The molecule has 4 N–H and O–H groups in total. The van der Waals surface area contributed by atoms with E-state index in [1.165, 1.54) is 10.9 Å². The Morgan fingerprint density at radius 2 is 1.67 bits per heavy atom. The van der Waals surface area contributed by atoms with Crippen molar-refractivity contribution in [3.8, 4) is 0 Å². The number of halogens is 1. The van der Waals surface area contributed by atoms with Crippen molar-refractivity contribution < 1.29 is 4.79 Å². The van der Waals surface area contributed by atoms with E-state index in [0.29, 0.717) is 18.3 Å². The van der Waals surface area contributed by atoms with Gasteiger partial charge in [0.1, 0.15) is 0 Å².